The highest BCUT2D eigenvalue weighted by Crippen LogP contribution is 2.41. The van der Waals surface area contributed by atoms with Crippen molar-refractivity contribution in [2.24, 2.45) is 11.8 Å². The van der Waals surface area contributed by atoms with E-state index in [-0.39, 0.29) is 6.04 Å². The topological polar surface area (TPSA) is 35.6 Å². The number of rotatable bonds is 4. The smallest absolute Gasteiger partial charge is 0.260 e. The molecule has 3 saturated heterocycles. The summed E-state index contributed by atoms with van der Waals surface area (Å²) in [5, 5.41) is 3.39. The Bertz CT molecular complexity index is 922. The van der Waals surface area contributed by atoms with Gasteiger partial charge in [0.05, 0.1) is 0 Å². The molecule has 1 aliphatic carbocycles. The number of carbonyl (C=O) groups is 1. The third kappa shape index (κ3) is 4.11. The quantitative estimate of drug-likeness (QED) is 0.810. The van der Waals surface area contributed by atoms with Gasteiger partial charge in [-0.25, -0.2) is 8.78 Å². The summed E-state index contributed by atoms with van der Waals surface area (Å²) in [4.78, 5) is 17.5. The maximum atomic E-state index is 14.9. The zero-order valence-electron chi connectivity index (χ0n) is 17.7. The number of nitrogens with zero attached hydrogens (tertiary/aromatic N) is 2. The molecule has 2 aromatic carbocycles. The fourth-order valence-corrected chi connectivity index (χ4v) is 5.64. The van der Waals surface area contributed by atoms with Crippen LogP contribution >= 0.6 is 0 Å². The Balaban J connectivity index is 1.32. The zero-order chi connectivity index (χ0) is 21.4. The summed E-state index contributed by atoms with van der Waals surface area (Å²) in [5.74, 6) is -1.06. The first-order valence-electron chi connectivity index (χ1n) is 11.4. The Kier molecular flexibility index (Phi) is 5.76. The number of hydrogen-bond acceptors (Lipinski definition) is 3. The third-order valence-corrected chi connectivity index (χ3v) is 7.31. The van der Waals surface area contributed by atoms with Gasteiger partial charge in [-0.05, 0) is 54.4 Å². The van der Waals surface area contributed by atoms with Crippen LogP contribution in [0.3, 0.4) is 0 Å². The number of piperazine rings is 1. The van der Waals surface area contributed by atoms with Gasteiger partial charge in [0.1, 0.15) is 17.2 Å². The van der Waals surface area contributed by atoms with Gasteiger partial charge in [-0.1, -0.05) is 30.3 Å². The summed E-state index contributed by atoms with van der Waals surface area (Å²) in [7, 11) is 0. The van der Waals surface area contributed by atoms with E-state index in [9.17, 15) is 13.6 Å². The summed E-state index contributed by atoms with van der Waals surface area (Å²) in [6.45, 7) is 5.88. The number of benzene rings is 2. The fourth-order valence-electron chi connectivity index (χ4n) is 5.64. The van der Waals surface area contributed by atoms with Crippen molar-refractivity contribution in [1.29, 1.82) is 0 Å². The molecule has 3 atom stereocenters. The lowest BCUT2D eigenvalue weighted by Crippen LogP contribution is -2.57. The lowest BCUT2D eigenvalue weighted by Gasteiger charge is -2.50. The molecule has 164 valence electrons. The van der Waals surface area contributed by atoms with Crippen LogP contribution in [0.25, 0.3) is 11.1 Å². The van der Waals surface area contributed by atoms with E-state index in [1.165, 1.54) is 12.1 Å². The fraction of sp³-hybridized carbons (Fsp3) is 0.480. The van der Waals surface area contributed by atoms with Gasteiger partial charge >= 0.3 is 0 Å². The largest absolute Gasteiger partial charge is 0.335 e. The summed E-state index contributed by atoms with van der Waals surface area (Å²) in [5.41, 5.74) is 0.765. The second-order valence-corrected chi connectivity index (χ2v) is 9.18. The van der Waals surface area contributed by atoms with Crippen molar-refractivity contribution in [1.82, 2.24) is 15.1 Å². The average molecular weight is 426 g/mol. The maximum Gasteiger partial charge on any atom is 0.260 e. The normalized spacial score (nSPS) is 26.3. The number of halogens is 2. The molecular formula is C25H29F2N3O. The van der Waals surface area contributed by atoms with Crippen molar-refractivity contribution >= 4 is 5.91 Å². The predicted octanol–water partition coefficient (Wildman–Crippen LogP) is 3.78. The molecule has 3 heterocycles. The van der Waals surface area contributed by atoms with Gasteiger partial charge in [0, 0.05) is 45.3 Å². The van der Waals surface area contributed by atoms with Crippen LogP contribution in [0.15, 0.2) is 42.5 Å². The molecule has 4 aliphatic rings. The van der Waals surface area contributed by atoms with E-state index in [1.807, 2.05) is 18.2 Å². The lowest BCUT2D eigenvalue weighted by molar-refractivity contribution is -0.00287. The summed E-state index contributed by atoms with van der Waals surface area (Å²) < 4.78 is 29.9. The first-order valence-corrected chi connectivity index (χ1v) is 11.4. The molecule has 31 heavy (non-hydrogen) atoms. The van der Waals surface area contributed by atoms with Crippen LogP contribution < -0.4 is 5.32 Å². The Morgan fingerprint density at radius 1 is 1.00 bits per heavy atom. The van der Waals surface area contributed by atoms with Crippen molar-refractivity contribution in [3.63, 3.8) is 0 Å². The van der Waals surface area contributed by atoms with Crippen LogP contribution in [0.5, 0.6) is 0 Å². The summed E-state index contributed by atoms with van der Waals surface area (Å²) in [6.07, 6.45) is 2.97. The second-order valence-electron chi connectivity index (χ2n) is 9.18. The number of carbonyl (C=O) groups excluding carboxylic acids is 1. The van der Waals surface area contributed by atoms with Crippen LogP contribution in [-0.4, -0.2) is 61.0 Å². The van der Waals surface area contributed by atoms with Crippen LogP contribution in [0, 0.1) is 23.5 Å². The van der Waals surface area contributed by atoms with E-state index in [2.05, 4.69) is 10.2 Å². The first-order chi connectivity index (χ1) is 15.1. The Labute approximate surface area is 182 Å². The van der Waals surface area contributed by atoms with Gasteiger partial charge in [0.25, 0.3) is 5.91 Å². The van der Waals surface area contributed by atoms with Crippen molar-refractivity contribution in [2.75, 3.05) is 39.3 Å². The van der Waals surface area contributed by atoms with Crippen molar-refractivity contribution < 1.29 is 13.6 Å². The minimum Gasteiger partial charge on any atom is -0.335 e. The molecule has 1 amide bonds. The van der Waals surface area contributed by atoms with Gasteiger partial charge < -0.3 is 15.1 Å². The predicted molar refractivity (Wildman–Crippen MR) is 117 cm³/mol. The monoisotopic (exact) mass is 425 g/mol. The average Bonchev–Trinajstić information content (AvgIpc) is 2.80. The minimum atomic E-state index is -0.775. The molecule has 0 radical (unpaired) electrons. The van der Waals surface area contributed by atoms with E-state index < -0.39 is 23.1 Å². The molecule has 4 fully saturated rings. The molecule has 0 spiro atoms. The second kappa shape index (κ2) is 8.67. The van der Waals surface area contributed by atoms with Gasteiger partial charge in [-0.2, -0.15) is 0 Å². The van der Waals surface area contributed by atoms with Crippen LogP contribution in [0.1, 0.15) is 29.6 Å². The molecular weight excluding hydrogens is 396 g/mol. The van der Waals surface area contributed by atoms with E-state index in [1.54, 1.807) is 17.0 Å². The van der Waals surface area contributed by atoms with Crippen LogP contribution in [0.4, 0.5) is 8.78 Å². The molecule has 1 saturated carbocycles. The molecule has 4 nitrogen and oxygen atoms in total. The first kappa shape index (κ1) is 20.6. The van der Waals surface area contributed by atoms with Crippen molar-refractivity contribution in [3.05, 3.63) is 59.7 Å². The molecule has 6 heteroatoms. The molecule has 2 bridgehead atoms. The number of hydrogen-bond donors (Lipinski definition) is 1. The molecule has 3 aliphatic heterocycles. The van der Waals surface area contributed by atoms with Gasteiger partial charge in [0.2, 0.25) is 0 Å². The highest BCUT2D eigenvalue weighted by Gasteiger charge is 2.43. The number of nitrogens with one attached hydrogen (secondary N) is 1. The number of amides is 1. The molecule has 1 N–H and O–H groups in total. The highest BCUT2D eigenvalue weighted by molar-refractivity contribution is 5.95. The van der Waals surface area contributed by atoms with Crippen LogP contribution in [0.2, 0.25) is 0 Å². The standard InChI is InChI=1S/C25H29F2N3O/c26-22-13-19(17-4-2-1-3-5-17)14-23(27)24(22)25(31)30-16-18-6-7-21(30)12-20(18)15-29-10-8-28-9-11-29/h1-5,13-14,18,20-21,28H,6-12,15-16H2/t18-,20-,21-/m1/s1. The van der Waals surface area contributed by atoms with Gasteiger partial charge in [-0.3, -0.25) is 4.79 Å². The molecule has 6 rings (SSSR count). The minimum absolute atomic E-state index is 0.0815. The maximum absolute atomic E-state index is 14.9. The SMILES string of the molecule is O=C(c1c(F)cc(-c2ccccc2)cc1F)N1C[C@H]2CC[C@@H]1C[C@@H]2CN1CCNCC1. The van der Waals surface area contributed by atoms with Crippen molar-refractivity contribution in [3.8, 4) is 11.1 Å². The molecule has 0 aromatic heterocycles. The zero-order valence-corrected chi connectivity index (χ0v) is 17.7. The van der Waals surface area contributed by atoms with Crippen LogP contribution in [-0.2, 0) is 0 Å². The van der Waals surface area contributed by atoms with E-state index in [0.717, 1.165) is 57.5 Å². The Morgan fingerprint density at radius 3 is 2.35 bits per heavy atom. The Hall–Kier alpha value is -2.31. The molecule has 2 aromatic rings. The molecule has 0 unspecified atom stereocenters. The lowest BCUT2D eigenvalue weighted by atomic mass is 9.71. The van der Waals surface area contributed by atoms with Gasteiger partial charge in [-0.15, -0.1) is 0 Å². The van der Waals surface area contributed by atoms with E-state index in [4.69, 9.17) is 0 Å². The van der Waals surface area contributed by atoms with Crippen molar-refractivity contribution in [2.45, 2.75) is 25.3 Å². The highest BCUT2D eigenvalue weighted by atomic mass is 19.1. The third-order valence-electron chi connectivity index (χ3n) is 7.31. The summed E-state index contributed by atoms with van der Waals surface area (Å²) in [6, 6.07) is 11.8. The Morgan fingerprint density at radius 2 is 1.71 bits per heavy atom. The summed E-state index contributed by atoms with van der Waals surface area (Å²) >= 11 is 0. The number of fused-ring (bicyclic) bond motifs is 3. The van der Waals surface area contributed by atoms with E-state index in [0.29, 0.717) is 23.9 Å². The van der Waals surface area contributed by atoms with Gasteiger partial charge in [0.15, 0.2) is 0 Å². The number of piperidine rings is 2. The van der Waals surface area contributed by atoms with E-state index >= 15 is 0 Å².